The molecule has 3 aromatic carbocycles. The Hall–Kier alpha value is -3.19. The molecule has 1 fully saturated rings. The van der Waals surface area contributed by atoms with Gasteiger partial charge in [0.1, 0.15) is 18.2 Å². The van der Waals surface area contributed by atoms with E-state index in [2.05, 4.69) is 10.6 Å². The van der Waals surface area contributed by atoms with Crippen molar-refractivity contribution in [1.82, 2.24) is 4.57 Å². The predicted octanol–water partition coefficient (Wildman–Crippen LogP) is 5.54. The van der Waals surface area contributed by atoms with Crippen LogP contribution in [-0.4, -0.2) is 27.7 Å². The second-order valence-corrected chi connectivity index (χ2v) is 10.5. The van der Waals surface area contributed by atoms with E-state index in [1.165, 1.54) is 6.07 Å². The number of halogens is 1. The smallest absolute Gasteiger partial charge is 0.157 e. The summed E-state index contributed by atoms with van der Waals surface area (Å²) in [5.74, 6) is 0.524. The first-order valence-electron chi connectivity index (χ1n) is 12.4. The van der Waals surface area contributed by atoms with E-state index in [-0.39, 0.29) is 5.82 Å². The Kier molecular flexibility index (Phi) is 5.45. The Balaban J connectivity index is 1.55. The second kappa shape index (κ2) is 8.44. The van der Waals surface area contributed by atoms with E-state index in [0.717, 1.165) is 39.2 Å². The summed E-state index contributed by atoms with van der Waals surface area (Å²) in [6.45, 7) is 4.61. The predicted molar refractivity (Wildman–Crippen MR) is 136 cm³/mol. The van der Waals surface area contributed by atoms with Crippen LogP contribution in [0.15, 0.2) is 66.7 Å². The lowest BCUT2D eigenvalue weighted by atomic mass is 9.56. The van der Waals surface area contributed by atoms with E-state index in [0.29, 0.717) is 38.0 Å². The summed E-state index contributed by atoms with van der Waals surface area (Å²) < 4.78 is 29.2. The van der Waals surface area contributed by atoms with Crippen LogP contribution < -0.4 is 4.74 Å². The van der Waals surface area contributed by atoms with Gasteiger partial charge in [0.05, 0.1) is 17.7 Å². The average Bonchev–Trinajstić information content (AvgIpc) is 3.20. The van der Waals surface area contributed by atoms with Gasteiger partial charge in [-0.05, 0) is 61.2 Å². The molecular formula is C30H30FNO4. The lowest BCUT2D eigenvalue weighted by Crippen LogP contribution is -2.56. The fourth-order valence-corrected chi connectivity index (χ4v) is 6.13. The van der Waals surface area contributed by atoms with Crippen molar-refractivity contribution in [1.29, 1.82) is 0 Å². The molecule has 1 aliphatic heterocycles. The summed E-state index contributed by atoms with van der Waals surface area (Å²) in [4.78, 5) is 0. The monoisotopic (exact) mass is 487 g/mol. The minimum atomic E-state index is -1.42. The number of fused-ring (bicyclic) bond motifs is 4. The summed E-state index contributed by atoms with van der Waals surface area (Å²) in [5.41, 5.74) is 4.40. The maximum Gasteiger partial charge on any atom is 0.157 e. The molecule has 2 aliphatic rings. The summed E-state index contributed by atoms with van der Waals surface area (Å²) in [7, 11) is 0. The van der Waals surface area contributed by atoms with Crippen molar-refractivity contribution >= 4 is 10.9 Å². The van der Waals surface area contributed by atoms with Gasteiger partial charge in [-0.2, -0.15) is 0 Å². The molecule has 6 rings (SSSR count). The summed E-state index contributed by atoms with van der Waals surface area (Å²) in [5, 5.41) is 21.1. The topological polar surface area (TPSA) is 63.9 Å². The zero-order chi connectivity index (χ0) is 25.1. The first kappa shape index (κ1) is 23.2. The molecule has 186 valence electrons. The van der Waals surface area contributed by atoms with Gasteiger partial charge in [-0.1, -0.05) is 43.3 Å². The van der Waals surface area contributed by atoms with Gasteiger partial charge in [0.2, 0.25) is 0 Å². The van der Waals surface area contributed by atoms with E-state index in [4.69, 9.17) is 9.47 Å². The molecule has 0 atom stereocenters. The third-order valence-corrected chi connectivity index (χ3v) is 7.87. The molecule has 4 aromatic rings. The standard InChI is InChI=1S/C30H30FNO4/c1-19-15-21(11-12-22(19)31)32-23-9-6-10-25(35-16-20-7-4-3-5-8-20)26(23)27-24(32)13-14-36-30(27)17-29(2,18-30)28(33)34/h3-12,15,28,33-34H,13-14,16-18H2,1-2H3/t29-,30+. The van der Waals surface area contributed by atoms with Crippen LogP contribution in [0, 0.1) is 18.2 Å². The van der Waals surface area contributed by atoms with Crippen molar-refractivity contribution in [3.63, 3.8) is 0 Å². The molecule has 0 amide bonds. The van der Waals surface area contributed by atoms with Crippen LogP contribution in [0.3, 0.4) is 0 Å². The number of aryl methyl sites for hydroxylation is 1. The van der Waals surface area contributed by atoms with Crippen LogP contribution >= 0.6 is 0 Å². The molecule has 0 radical (unpaired) electrons. The molecule has 0 saturated heterocycles. The highest BCUT2D eigenvalue weighted by molar-refractivity contribution is 5.94. The zero-order valence-corrected chi connectivity index (χ0v) is 20.5. The lowest BCUT2D eigenvalue weighted by Gasteiger charge is -2.56. The largest absolute Gasteiger partial charge is 0.488 e. The molecule has 6 heteroatoms. The molecule has 1 aliphatic carbocycles. The molecule has 0 bridgehead atoms. The molecule has 1 saturated carbocycles. The van der Waals surface area contributed by atoms with Crippen LogP contribution in [0.25, 0.3) is 16.6 Å². The van der Waals surface area contributed by atoms with E-state index in [9.17, 15) is 14.6 Å². The number of benzene rings is 3. The molecule has 1 spiro atoms. The molecule has 2 heterocycles. The van der Waals surface area contributed by atoms with Crippen LogP contribution in [0.1, 0.15) is 42.1 Å². The van der Waals surface area contributed by atoms with Crippen LogP contribution in [0.4, 0.5) is 4.39 Å². The normalized spacial score (nSPS) is 23.2. The van der Waals surface area contributed by atoms with Gasteiger partial charge in [0.15, 0.2) is 6.29 Å². The highest BCUT2D eigenvalue weighted by Gasteiger charge is 2.60. The Morgan fingerprint density at radius 2 is 1.83 bits per heavy atom. The van der Waals surface area contributed by atoms with Gasteiger partial charge in [0, 0.05) is 34.2 Å². The third kappa shape index (κ3) is 3.55. The molecule has 2 N–H and O–H groups in total. The van der Waals surface area contributed by atoms with Gasteiger partial charge < -0.3 is 24.3 Å². The molecular weight excluding hydrogens is 457 g/mol. The minimum Gasteiger partial charge on any atom is -0.488 e. The number of hydrogen-bond donors (Lipinski definition) is 2. The van der Waals surface area contributed by atoms with Crippen molar-refractivity contribution < 1.29 is 24.1 Å². The molecule has 1 aromatic heterocycles. The number of rotatable bonds is 5. The number of ether oxygens (including phenoxy) is 2. The third-order valence-electron chi connectivity index (χ3n) is 7.87. The first-order chi connectivity index (χ1) is 17.3. The van der Waals surface area contributed by atoms with Crippen molar-refractivity contribution in [2.75, 3.05) is 6.61 Å². The second-order valence-electron chi connectivity index (χ2n) is 10.5. The van der Waals surface area contributed by atoms with Crippen LogP contribution in [0.2, 0.25) is 0 Å². The number of aliphatic hydroxyl groups excluding tert-OH is 1. The highest BCUT2D eigenvalue weighted by atomic mass is 19.1. The van der Waals surface area contributed by atoms with Crippen molar-refractivity contribution in [3.05, 3.63) is 94.9 Å². The maximum absolute atomic E-state index is 14.2. The summed E-state index contributed by atoms with van der Waals surface area (Å²) >= 11 is 0. The maximum atomic E-state index is 14.2. The fraction of sp³-hybridized carbons (Fsp3) is 0.333. The fourth-order valence-electron chi connectivity index (χ4n) is 6.13. The van der Waals surface area contributed by atoms with Gasteiger partial charge in [0.25, 0.3) is 0 Å². The first-order valence-corrected chi connectivity index (χ1v) is 12.4. The van der Waals surface area contributed by atoms with E-state index in [1.54, 1.807) is 6.92 Å². The number of hydrogen-bond acceptors (Lipinski definition) is 4. The molecule has 5 nitrogen and oxygen atoms in total. The summed E-state index contributed by atoms with van der Waals surface area (Å²) in [6, 6.07) is 21.3. The molecule has 36 heavy (non-hydrogen) atoms. The van der Waals surface area contributed by atoms with E-state index < -0.39 is 17.3 Å². The lowest BCUT2D eigenvalue weighted by molar-refractivity contribution is -0.253. The van der Waals surface area contributed by atoms with Crippen molar-refractivity contribution in [3.8, 4) is 11.4 Å². The quantitative estimate of drug-likeness (QED) is 0.363. The van der Waals surface area contributed by atoms with Crippen molar-refractivity contribution in [2.24, 2.45) is 5.41 Å². The zero-order valence-electron chi connectivity index (χ0n) is 20.5. The number of aromatic nitrogens is 1. The number of aliphatic hydroxyl groups is 2. The van der Waals surface area contributed by atoms with Gasteiger partial charge in [-0.3, -0.25) is 0 Å². The average molecular weight is 488 g/mol. The molecule has 0 unspecified atom stereocenters. The van der Waals surface area contributed by atoms with E-state index in [1.807, 2.05) is 61.5 Å². The van der Waals surface area contributed by atoms with Gasteiger partial charge >= 0.3 is 0 Å². The van der Waals surface area contributed by atoms with E-state index >= 15 is 0 Å². The summed E-state index contributed by atoms with van der Waals surface area (Å²) in [6.07, 6.45) is 0.274. The Labute approximate surface area is 209 Å². The van der Waals surface area contributed by atoms with Crippen LogP contribution in [0.5, 0.6) is 5.75 Å². The van der Waals surface area contributed by atoms with Gasteiger partial charge in [-0.25, -0.2) is 4.39 Å². The number of nitrogens with zero attached hydrogens (tertiary/aromatic N) is 1. The highest BCUT2D eigenvalue weighted by Crippen LogP contribution is 2.62. The Bertz CT molecular complexity index is 1440. The van der Waals surface area contributed by atoms with Crippen molar-refractivity contribution in [2.45, 2.75) is 51.6 Å². The Morgan fingerprint density at radius 1 is 1.06 bits per heavy atom. The SMILES string of the molecule is Cc1cc(-n2c3c(c4c(OCc5ccccc5)cccc42)[C@]2(C[C@](C)(C(O)O)C2)OCC3)ccc1F. The van der Waals surface area contributed by atoms with Gasteiger partial charge in [-0.15, -0.1) is 0 Å². The van der Waals surface area contributed by atoms with Crippen LogP contribution in [-0.2, 0) is 23.4 Å². The minimum absolute atomic E-state index is 0.234. The Morgan fingerprint density at radius 3 is 2.56 bits per heavy atom.